The second-order valence-electron chi connectivity index (χ2n) is 5.62. The quantitative estimate of drug-likeness (QED) is 0.673. The molecule has 0 saturated heterocycles. The van der Waals surface area contributed by atoms with Crippen molar-refractivity contribution in [1.29, 1.82) is 0 Å². The number of amides is 1. The summed E-state index contributed by atoms with van der Waals surface area (Å²) in [6.45, 7) is 0.375. The van der Waals surface area contributed by atoms with E-state index in [1.54, 1.807) is 11.3 Å². The predicted molar refractivity (Wildman–Crippen MR) is 98.9 cm³/mol. The Morgan fingerprint density at radius 2 is 1.88 bits per heavy atom. The Morgan fingerprint density at radius 3 is 2.46 bits per heavy atom. The molecule has 1 aromatic heterocycles. The van der Waals surface area contributed by atoms with Gasteiger partial charge in [-0.15, -0.1) is 11.3 Å². The van der Waals surface area contributed by atoms with Crippen LogP contribution in [-0.2, 0) is 21.2 Å². The minimum atomic E-state index is -3.65. The lowest BCUT2D eigenvalue weighted by atomic mass is 10.2. The summed E-state index contributed by atoms with van der Waals surface area (Å²) in [6, 6.07) is 9.44. The third-order valence-electron chi connectivity index (χ3n) is 3.66. The molecule has 0 saturated carbocycles. The Balaban J connectivity index is 1.96. The molecule has 7 nitrogen and oxygen atoms in total. The number of carbonyl (C=O) groups is 2. The van der Waals surface area contributed by atoms with E-state index in [-0.39, 0.29) is 23.8 Å². The zero-order valence-corrected chi connectivity index (χ0v) is 15.8. The van der Waals surface area contributed by atoms with E-state index in [0.29, 0.717) is 18.5 Å². The van der Waals surface area contributed by atoms with Crippen molar-refractivity contribution in [2.45, 2.75) is 17.7 Å². The van der Waals surface area contributed by atoms with E-state index in [0.717, 1.165) is 4.88 Å². The Labute approximate surface area is 156 Å². The molecule has 0 atom stereocenters. The van der Waals surface area contributed by atoms with E-state index in [1.165, 1.54) is 36.2 Å². The van der Waals surface area contributed by atoms with Gasteiger partial charge < -0.3 is 10.0 Å². The number of carboxylic acids is 1. The molecule has 0 aliphatic carbocycles. The van der Waals surface area contributed by atoms with Gasteiger partial charge in [-0.05, 0) is 42.1 Å². The number of carboxylic acid groups (broad SMARTS) is 1. The first kappa shape index (κ1) is 20.1. The van der Waals surface area contributed by atoms with Crippen LogP contribution in [0.25, 0.3) is 0 Å². The van der Waals surface area contributed by atoms with Crippen molar-refractivity contribution in [2.24, 2.45) is 0 Å². The van der Waals surface area contributed by atoms with Gasteiger partial charge >= 0.3 is 5.97 Å². The van der Waals surface area contributed by atoms with Gasteiger partial charge in [-0.1, -0.05) is 6.07 Å². The Bertz CT molecular complexity index is 846. The Kier molecular flexibility index (Phi) is 6.90. The van der Waals surface area contributed by atoms with Gasteiger partial charge in [0.25, 0.3) is 5.91 Å². The molecule has 140 valence electrons. The van der Waals surface area contributed by atoms with Crippen molar-refractivity contribution in [3.63, 3.8) is 0 Å². The fraction of sp³-hybridized carbons (Fsp3) is 0.294. The highest BCUT2D eigenvalue weighted by atomic mass is 32.2. The molecule has 0 spiro atoms. The van der Waals surface area contributed by atoms with E-state index < -0.39 is 16.0 Å². The molecular weight excluding hydrogens is 376 g/mol. The summed E-state index contributed by atoms with van der Waals surface area (Å²) < 4.78 is 27.1. The van der Waals surface area contributed by atoms with Gasteiger partial charge in [0.05, 0.1) is 11.3 Å². The van der Waals surface area contributed by atoms with Crippen LogP contribution in [0.15, 0.2) is 46.7 Å². The highest BCUT2D eigenvalue weighted by Crippen LogP contribution is 2.13. The fourth-order valence-electron chi connectivity index (χ4n) is 2.21. The Morgan fingerprint density at radius 1 is 1.19 bits per heavy atom. The first-order valence-electron chi connectivity index (χ1n) is 7.89. The molecule has 0 fully saturated rings. The lowest BCUT2D eigenvalue weighted by Gasteiger charge is -2.16. The average Bonchev–Trinajstić information content (AvgIpc) is 3.12. The molecule has 2 N–H and O–H groups in total. The summed E-state index contributed by atoms with van der Waals surface area (Å²) in [5, 5.41) is 10.6. The summed E-state index contributed by atoms with van der Waals surface area (Å²) in [6.07, 6.45) is 0.463. The molecular formula is C17H20N2O5S2. The van der Waals surface area contributed by atoms with E-state index >= 15 is 0 Å². The van der Waals surface area contributed by atoms with Crippen molar-refractivity contribution < 1.29 is 23.1 Å². The van der Waals surface area contributed by atoms with Crippen molar-refractivity contribution in [1.82, 2.24) is 9.62 Å². The molecule has 2 rings (SSSR count). The fourth-order valence-corrected chi connectivity index (χ4v) is 3.95. The number of nitrogens with zero attached hydrogens (tertiary/aromatic N) is 1. The smallest absolute Gasteiger partial charge is 0.305 e. The van der Waals surface area contributed by atoms with Crippen LogP contribution in [0.3, 0.4) is 0 Å². The minimum Gasteiger partial charge on any atom is -0.481 e. The van der Waals surface area contributed by atoms with Crippen LogP contribution in [0.2, 0.25) is 0 Å². The monoisotopic (exact) mass is 396 g/mol. The molecule has 0 unspecified atom stereocenters. The van der Waals surface area contributed by atoms with Gasteiger partial charge in [-0.25, -0.2) is 13.1 Å². The normalized spacial score (nSPS) is 11.3. The van der Waals surface area contributed by atoms with Crippen LogP contribution in [0.1, 0.15) is 21.7 Å². The highest BCUT2D eigenvalue weighted by molar-refractivity contribution is 7.89. The molecule has 0 bridgehead atoms. The van der Waals surface area contributed by atoms with Crippen molar-refractivity contribution in [3.05, 3.63) is 52.2 Å². The number of carbonyl (C=O) groups excluding carboxylic acids is 1. The van der Waals surface area contributed by atoms with E-state index in [4.69, 9.17) is 5.11 Å². The van der Waals surface area contributed by atoms with Crippen LogP contribution in [0.4, 0.5) is 0 Å². The van der Waals surface area contributed by atoms with E-state index in [9.17, 15) is 18.0 Å². The number of benzene rings is 1. The lowest BCUT2D eigenvalue weighted by Crippen LogP contribution is -2.29. The molecule has 1 amide bonds. The van der Waals surface area contributed by atoms with E-state index in [2.05, 4.69) is 4.72 Å². The third kappa shape index (κ3) is 5.65. The zero-order chi connectivity index (χ0) is 19.2. The number of rotatable bonds is 9. The summed E-state index contributed by atoms with van der Waals surface area (Å²) >= 11 is 1.57. The topological polar surface area (TPSA) is 104 Å². The zero-order valence-electron chi connectivity index (χ0n) is 14.2. The molecule has 1 aromatic carbocycles. The highest BCUT2D eigenvalue weighted by Gasteiger charge is 2.16. The lowest BCUT2D eigenvalue weighted by molar-refractivity contribution is -0.137. The second-order valence-corrected chi connectivity index (χ2v) is 8.42. The first-order valence-corrected chi connectivity index (χ1v) is 10.3. The van der Waals surface area contributed by atoms with Crippen LogP contribution in [-0.4, -0.2) is 50.4 Å². The summed E-state index contributed by atoms with van der Waals surface area (Å²) in [4.78, 5) is 25.2. The predicted octanol–water partition coefficient (Wildman–Crippen LogP) is 1.82. The maximum absolute atomic E-state index is 12.3. The van der Waals surface area contributed by atoms with Crippen molar-refractivity contribution in [3.8, 4) is 0 Å². The number of thiophene rings is 1. The van der Waals surface area contributed by atoms with Gasteiger partial charge in [-0.3, -0.25) is 9.59 Å². The molecule has 2 aromatic rings. The van der Waals surface area contributed by atoms with Gasteiger partial charge in [0.15, 0.2) is 0 Å². The van der Waals surface area contributed by atoms with Crippen LogP contribution < -0.4 is 4.72 Å². The number of nitrogens with one attached hydrogen (secondary N) is 1. The van der Waals surface area contributed by atoms with Crippen molar-refractivity contribution in [2.75, 3.05) is 20.1 Å². The molecule has 9 heteroatoms. The molecule has 26 heavy (non-hydrogen) atoms. The van der Waals surface area contributed by atoms with Gasteiger partial charge in [-0.2, -0.15) is 0 Å². The summed E-state index contributed by atoms with van der Waals surface area (Å²) in [5.74, 6) is -1.35. The third-order valence-corrected chi connectivity index (χ3v) is 6.08. The van der Waals surface area contributed by atoms with Crippen LogP contribution in [0.5, 0.6) is 0 Å². The SMILES string of the molecule is CN(CCC(=O)O)C(=O)c1ccc(S(=O)(=O)NCCc2cccs2)cc1. The average molecular weight is 396 g/mol. The van der Waals surface area contributed by atoms with Crippen molar-refractivity contribution >= 4 is 33.2 Å². The maximum Gasteiger partial charge on any atom is 0.305 e. The molecule has 1 heterocycles. The molecule has 0 aliphatic rings. The van der Waals surface area contributed by atoms with Gasteiger partial charge in [0, 0.05) is 30.6 Å². The number of hydrogen-bond acceptors (Lipinski definition) is 5. The molecule has 0 radical (unpaired) electrons. The number of hydrogen-bond donors (Lipinski definition) is 2. The minimum absolute atomic E-state index is 0.0772. The largest absolute Gasteiger partial charge is 0.481 e. The molecule has 0 aliphatic heterocycles. The summed E-state index contributed by atoms with van der Waals surface area (Å²) in [5.41, 5.74) is 0.301. The van der Waals surface area contributed by atoms with Gasteiger partial charge in [0.1, 0.15) is 0 Å². The first-order chi connectivity index (χ1) is 12.3. The second kappa shape index (κ2) is 8.93. The Hall–Kier alpha value is -2.23. The van der Waals surface area contributed by atoms with Gasteiger partial charge in [0.2, 0.25) is 10.0 Å². The van der Waals surface area contributed by atoms with Crippen LogP contribution >= 0.6 is 11.3 Å². The number of aliphatic carboxylic acids is 1. The standard InChI is InChI=1S/C17H20N2O5S2/c1-19(11-9-16(20)21)17(22)13-4-6-15(7-5-13)26(23,24)18-10-8-14-3-2-12-25-14/h2-7,12,18H,8-11H2,1H3,(H,20,21). The van der Waals surface area contributed by atoms with E-state index in [1.807, 2.05) is 17.5 Å². The van der Waals surface area contributed by atoms with Crippen LogP contribution in [0, 0.1) is 0 Å². The number of sulfonamides is 1. The maximum atomic E-state index is 12.3. The summed E-state index contributed by atoms with van der Waals surface area (Å²) in [7, 11) is -2.14.